The molecule has 6 nitrogen and oxygen atoms in total. The zero-order chi connectivity index (χ0) is 16.1. The fourth-order valence-corrected chi connectivity index (χ4v) is 2.13. The van der Waals surface area contributed by atoms with E-state index in [-0.39, 0.29) is 25.1 Å². The maximum atomic E-state index is 12.3. The molecule has 1 fully saturated rings. The third kappa shape index (κ3) is 4.38. The topological polar surface area (TPSA) is 76.1 Å². The average molecular weight is 307 g/mol. The first-order valence-electron chi connectivity index (χ1n) is 7.30. The van der Waals surface area contributed by atoms with Gasteiger partial charge in [-0.2, -0.15) is 0 Å². The monoisotopic (exact) mass is 307 g/mol. The summed E-state index contributed by atoms with van der Waals surface area (Å²) >= 11 is 0. The van der Waals surface area contributed by atoms with Crippen LogP contribution in [0.3, 0.4) is 0 Å². The second kappa shape index (κ2) is 7.15. The molecule has 120 valence electrons. The molecule has 1 unspecified atom stereocenters. The molecule has 0 radical (unpaired) electrons. The van der Waals surface area contributed by atoms with E-state index in [0.717, 1.165) is 12.8 Å². The number of methoxy groups -OCH3 is 1. The highest BCUT2D eigenvalue weighted by Gasteiger charge is 2.34. The number of rotatable bonds is 8. The van der Waals surface area contributed by atoms with Crippen LogP contribution in [0.15, 0.2) is 24.3 Å². The van der Waals surface area contributed by atoms with Crippen molar-refractivity contribution in [2.45, 2.75) is 25.8 Å². The zero-order valence-corrected chi connectivity index (χ0v) is 12.8. The minimum absolute atomic E-state index is 0.101. The first-order chi connectivity index (χ1) is 10.5. The van der Waals surface area contributed by atoms with E-state index in [4.69, 9.17) is 14.6 Å². The number of hydrogen-bond acceptors (Lipinski definition) is 4. The summed E-state index contributed by atoms with van der Waals surface area (Å²) in [4.78, 5) is 24.9. The molecular weight excluding hydrogens is 286 g/mol. The second-order valence-corrected chi connectivity index (χ2v) is 5.48. The lowest BCUT2D eigenvalue weighted by Crippen LogP contribution is -2.41. The third-order valence-electron chi connectivity index (χ3n) is 3.60. The number of carbonyl (C=O) groups is 2. The van der Waals surface area contributed by atoms with Gasteiger partial charge in [-0.3, -0.25) is 9.59 Å². The molecule has 0 heterocycles. The molecule has 0 aliphatic heterocycles. The molecule has 1 aliphatic rings. The van der Waals surface area contributed by atoms with Crippen molar-refractivity contribution >= 4 is 11.9 Å². The van der Waals surface area contributed by atoms with Crippen LogP contribution in [0.4, 0.5) is 0 Å². The normalized spacial score (nSPS) is 15.0. The van der Waals surface area contributed by atoms with Crippen LogP contribution < -0.4 is 9.47 Å². The third-order valence-corrected chi connectivity index (χ3v) is 3.60. The maximum absolute atomic E-state index is 12.3. The number of carbonyl (C=O) groups excluding carboxylic acids is 1. The van der Waals surface area contributed by atoms with Crippen LogP contribution in [0.5, 0.6) is 11.5 Å². The van der Waals surface area contributed by atoms with E-state index >= 15 is 0 Å². The summed E-state index contributed by atoms with van der Waals surface area (Å²) in [6.07, 6.45) is 1.86. The Morgan fingerprint density at radius 3 is 2.64 bits per heavy atom. The molecule has 1 atom stereocenters. The number of hydrogen-bond donors (Lipinski definition) is 1. The number of benzene rings is 1. The highest BCUT2D eigenvalue weighted by atomic mass is 16.5. The van der Waals surface area contributed by atoms with Gasteiger partial charge in [0.2, 0.25) is 0 Å². The van der Waals surface area contributed by atoms with Crippen molar-refractivity contribution in [2.75, 3.05) is 20.3 Å². The van der Waals surface area contributed by atoms with Crippen LogP contribution in [-0.4, -0.2) is 48.2 Å². The molecule has 1 amide bonds. The van der Waals surface area contributed by atoms with E-state index in [9.17, 15) is 9.59 Å². The van der Waals surface area contributed by atoms with Gasteiger partial charge in [0.1, 0.15) is 11.5 Å². The molecule has 6 heteroatoms. The molecule has 1 aromatic carbocycles. The summed E-state index contributed by atoms with van der Waals surface area (Å²) in [6, 6.07) is 7.18. The molecule has 1 aromatic rings. The number of carboxylic acids is 1. The van der Waals surface area contributed by atoms with Gasteiger partial charge < -0.3 is 19.5 Å². The minimum atomic E-state index is -0.896. The lowest BCUT2D eigenvalue weighted by molar-refractivity contribution is -0.143. The Morgan fingerprint density at radius 1 is 1.36 bits per heavy atom. The SMILES string of the molecule is COc1cccc(OCC(=O)N(CC(C)C(=O)O)C2CC2)c1. The van der Waals surface area contributed by atoms with Gasteiger partial charge in [-0.05, 0) is 25.0 Å². The Bertz CT molecular complexity index is 541. The van der Waals surface area contributed by atoms with Gasteiger partial charge in [0, 0.05) is 18.7 Å². The van der Waals surface area contributed by atoms with Crippen molar-refractivity contribution in [1.82, 2.24) is 4.90 Å². The zero-order valence-electron chi connectivity index (χ0n) is 12.8. The Hall–Kier alpha value is -2.24. The van der Waals surface area contributed by atoms with Gasteiger partial charge >= 0.3 is 5.97 Å². The van der Waals surface area contributed by atoms with Crippen molar-refractivity contribution in [3.8, 4) is 11.5 Å². The van der Waals surface area contributed by atoms with E-state index in [2.05, 4.69) is 0 Å². The number of nitrogens with zero attached hydrogens (tertiary/aromatic N) is 1. The molecule has 0 spiro atoms. The van der Waals surface area contributed by atoms with Crippen LogP contribution in [0.2, 0.25) is 0 Å². The molecule has 22 heavy (non-hydrogen) atoms. The predicted octanol–water partition coefficient (Wildman–Crippen LogP) is 1.79. The van der Waals surface area contributed by atoms with Crippen LogP contribution in [0.25, 0.3) is 0 Å². The standard InChI is InChI=1S/C16H21NO5/c1-11(16(19)20)9-17(12-6-7-12)15(18)10-22-14-5-3-4-13(8-14)21-2/h3-5,8,11-12H,6-7,9-10H2,1-2H3,(H,19,20). The molecule has 1 aliphatic carbocycles. The van der Waals surface area contributed by atoms with E-state index in [1.54, 1.807) is 43.2 Å². The van der Waals surface area contributed by atoms with Gasteiger partial charge in [-0.15, -0.1) is 0 Å². The highest BCUT2D eigenvalue weighted by Crippen LogP contribution is 2.28. The van der Waals surface area contributed by atoms with Gasteiger partial charge in [0.25, 0.3) is 5.91 Å². The van der Waals surface area contributed by atoms with Gasteiger partial charge in [0.15, 0.2) is 6.61 Å². The largest absolute Gasteiger partial charge is 0.497 e. The summed E-state index contributed by atoms with van der Waals surface area (Å²) < 4.78 is 10.6. The van der Waals surface area contributed by atoms with Crippen molar-refractivity contribution in [3.05, 3.63) is 24.3 Å². The molecule has 0 aromatic heterocycles. The van der Waals surface area contributed by atoms with Crippen LogP contribution in [-0.2, 0) is 9.59 Å². The molecule has 1 saturated carbocycles. The van der Waals surface area contributed by atoms with E-state index in [0.29, 0.717) is 11.5 Å². The fraction of sp³-hybridized carbons (Fsp3) is 0.500. The Morgan fingerprint density at radius 2 is 2.05 bits per heavy atom. The number of carboxylic acid groups (broad SMARTS) is 1. The first kappa shape index (κ1) is 16.1. The second-order valence-electron chi connectivity index (χ2n) is 5.48. The summed E-state index contributed by atoms with van der Waals surface area (Å²) in [5.41, 5.74) is 0. The van der Waals surface area contributed by atoms with Crippen molar-refractivity contribution in [1.29, 1.82) is 0 Å². The summed E-state index contributed by atoms with van der Waals surface area (Å²) in [6.45, 7) is 1.73. The maximum Gasteiger partial charge on any atom is 0.308 e. The van der Waals surface area contributed by atoms with Gasteiger partial charge in [-0.1, -0.05) is 13.0 Å². The average Bonchev–Trinajstić information content (AvgIpc) is 3.34. The minimum Gasteiger partial charge on any atom is -0.497 e. The van der Waals surface area contributed by atoms with E-state index in [1.165, 1.54) is 0 Å². The van der Waals surface area contributed by atoms with E-state index < -0.39 is 11.9 Å². The lowest BCUT2D eigenvalue weighted by Gasteiger charge is -2.24. The molecule has 0 bridgehead atoms. The van der Waals surface area contributed by atoms with Crippen molar-refractivity contribution < 1.29 is 24.2 Å². The summed E-state index contributed by atoms with van der Waals surface area (Å²) in [7, 11) is 1.56. The van der Waals surface area contributed by atoms with E-state index in [1.807, 2.05) is 0 Å². The first-order valence-corrected chi connectivity index (χ1v) is 7.30. The van der Waals surface area contributed by atoms with Crippen LogP contribution in [0, 0.1) is 5.92 Å². The van der Waals surface area contributed by atoms with Crippen LogP contribution >= 0.6 is 0 Å². The number of ether oxygens (including phenoxy) is 2. The lowest BCUT2D eigenvalue weighted by atomic mass is 10.1. The molecule has 0 saturated heterocycles. The smallest absolute Gasteiger partial charge is 0.308 e. The molecule has 1 N–H and O–H groups in total. The highest BCUT2D eigenvalue weighted by molar-refractivity contribution is 5.79. The Balaban J connectivity index is 1.92. The number of amides is 1. The Kier molecular flexibility index (Phi) is 5.25. The molecule has 2 rings (SSSR count). The predicted molar refractivity (Wildman–Crippen MR) is 80.0 cm³/mol. The van der Waals surface area contributed by atoms with Crippen LogP contribution in [0.1, 0.15) is 19.8 Å². The summed E-state index contributed by atoms with van der Waals surface area (Å²) in [5.74, 6) is -0.454. The Labute approximate surface area is 129 Å². The summed E-state index contributed by atoms with van der Waals surface area (Å²) in [5, 5.41) is 9.00. The number of aliphatic carboxylic acids is 1. The van der Waals surface area contributed by atoms with Gasteiger partial charge in [-0.25, -0.2) is 0 Å². The van der Waals surface area contributed by atoms with Crippen molar-refractivity contribution in [3.63, 3.8) is 0 Å². The quantitative estimate of drug-likeness (QED) is 0.792. The van der Waals surface area contributed by atoms with Crippen molar-refractivity contribution in [2.24, 2.45) is 5.92 Å². The molecular formula is C16H21NO5. The fourth-order valence-electron chi connectivity index (χ4n) is 2.13. The van der Waals surface area contributed by atoms with Gasteiger partial charge in [0.05, 0.1) is 13.0 Å².